The lowest BCUT2D eigenvalue weighted by Gasteiger charge is -2.13. The van der Waals surface area contributed by atoms with E-state index in [4.69, 9.17) is 27.9 Å². The highest BCUT2D eigenvalue weighted by molar-refractivity contribution is 6.35. The van der Waals surface area contributed by atoms with Crippen molar-refractivity contribution in [1.82, 2.24) is 4.57 Å². The zero-order chi connectivity index (χ0) is 19.3. The van der Waals surface area contributed by atoms with Crippen molar-refractivity contribution < 1.29 is 9.84 Å². The standard InChI is InChI=1S/C18H17Cl2N3O3/c1-11-13(9-21)17(24)23(6-3-7-26-2)18(25)14(11)10-22-16-8-12(19)4-5-15(16)20/h4-5,8,10,25H,3,6-7H2,1-2H3. The molecule has 0 bridgehead atoms. The normalized spacial score (nSPS) is 11.0. The maximum Gasteiger partial charge on any atom is 0.271 e. The summed E-state index contributed by atoms with van der Waals surface area (Å²) in [5, 5.41) is 20.7. The van der Waals surface area contributed by atoms with Crippen LogP contribution in [0.15, 0.2) is 28.0 Å². The van der Waals surface area contributed by atoms with Crippen LogP contribution in [0.25, 0.3) is 0 Å². The number of benzene rings is 1. The van der Waals surface area contributed by atoms with E-state index in [9.17, 15) is 15.2 Å². The second-order valence-corrected chi connectivity index (χ2v) is 6.35. The van der Waals surface area contributed by atoms with E-state index >= 15 is 0 Å². The van der Waals surface area contributed by atoms with E-state index in [0.717, 1.165) is 4.57 Å². The summed E-state index contributed by atoms with van der Waals surface area (Å²) in [6.45, 7) is 2.22. The molecule has 1 heterocycles. The second-order valence-electron chi connectivity index (χ2n) is 5.51. The van der Waals surface area contributed by atoms with Gasteiger partial charge in [-0.1, -0.05) is 23.2 Å². The van der Waals surface area contributed by atoms with E-state index in [2.05, 4.69) is 4.99 Å². The van der Waals surface area contributed by atoms with Crippen molar-refractivity contribution in [1.29, 1.82) is 5.26 Å². The molecule has 0 amide bonds. The number of nitrogens with zero attached hydrogens (tertiary/aromatic N) is 3. The van der Waals surface area contributed by atoms with Crippen molar-refractivity contribution in [3.63, 3.8) is 0 Å². The number of pyridine rings is 1. The summed E-state index contributed by atoms with van der Waals surface area (Å²) in [6.07, 6.45) is 1.88. The van der Waals surface area contributed by atoms with E-state index in [-0.39, 0.29) is 23.6 Å². The molecular formula is C18H17Cl2N3O3. The first-order valence-electron chi connectivity index (χ1n) is 7.75. The fourth-order valence-corrected chi connectivity index (χ4v) is 2.75. The number of nitriles is 1. The molecule has 2 aromatic rings. The first-order chi connectivity index (χ1) is 12.4. The number of aromatic hydroxyl groups is 1. The fraction of sp³-hybridized carbons (Fsp3) is 0.278. The second kappa shape index (κ2) is 8.86. The number of hydrogen-bond donors (Lipinski definition) is 1. The fourth-order valence-electron chi connectivity index (χ4n) is 2.42. The molecule has 0 atom stereocenters. The third kappa shape index (κ3) is 4.25. The number of aromatic nitrogens is 1. The monoisotopic (exact) mass is 393 g/mol. The molecule has 0 aliphatic carbocycles. The third-order valence-corrected chi connectivity index (χ3v) is 4.37. The number of aliphatic imine (C=N–C) groups is 1. The molecule has 0 aliphatic rings. The summed E-state index contributed by atoms with van der Waals surface area (Å²) < 4.78 is 6.11. The predicted molar refractivity (Wildman–Crippen MR) is 102 cm³/mol. The van der Waals surface area contributed by atoms with Gasteiger partial charge in [-0.3, -0.25) is 14.4 Å². The van der Waals surface area contributed by atoms with Gasteiger partial charge in [0.15, 0.2) is 0 Å². The lowest BCUT2D eigenvalue weighted by molar-refractivity contribution is 0.188. The van der Waals surface area contributed by atoms with Crippen molar-refractivity contribution >= 4 is 35.1 Å². The summed E-state index contributed by atoms with van der Waals surface area (Å²) >= 11 is 12.0. The number of rotatable bonds is 6. The first-order valence-corrected chi connectivity index (χ1v) is 8.50. The van der Waals surface area contributed by atoms with Gasteiger partial charge in [0.1, 0.15) is 11.6 Å². The lowest BCUT2D eigenvalue weighted by Crippen LogP contribution is -2.26. The SMILES string of the molecule is COCCCn1c(O)c(C=Nc2cc(Cl)ccc2Cl)c(C)c(C#N)c1=O. The maximum absolute atomic E-state index is 12.4. The Morgan fingerprint density at radius 3 is 2.81 bits per heavy atom. The molecule has 8 heteroatoms. The molecule has 1 aromatic carbocycles. The maximum atomic E-state index is 12.4. The van der Waals surface area contributed by atoms with Crippen molar-refractivity contribution in [2.24, 2.45) is 4.99 Å². The molecule has 0 saturated carbocycles. The Morgan fingerprint density at radius 2 is 2.15 bits per heavy atom. The highest BCUT2D eigenvalue weighted by Gasteiger charge is 2.17. The van der Waals surface area contributed by atoms with E-state index < -0.39 is 5.56 Å². The third-order valence-electron chi connectivity index (χ3n) is 3.82. The zero-order valence-electron chi connectivity index (χ0n) is 14.3. The highest BCUT2D eigenvalue weighted by Crippen LogP contribution is 2.29. The van der Waals surface area contributed by atoms with Gasteiger partial charge in [-0.15, -0.1) is 0 Å². The minimum atomic E-state index is -0.545. The largest absolute Gasteiger partial charge is 0.494 e. The highest BCUT2D eigenvalue weighted by atomic mass is 35.5. The Morgan fingerprint density at radius 1 is 1.42 bits per heavy atom. The average molecular weight is 394 g/mol. The van der Waals surface area contributed by atoms with Crippen LogP contribution < -0.4 is 5.56 Å². The Bertz CT molecular complexity index is 946. The van der Waals surface area contributed by atoms with Gasteiger partial charge in [0.2, 0.25) is 5.88 Å². The summed E-state index contributed by atoms with van der Waals surface area (Å²) in [7, 11) is 1.55. The van der Waals surface area contributed by atoms with Crippen LogP contribution in [-0.4, -0.2) is 29.6 Å². The van der Waals surface area contributed by atoms with Crippen molar-refractivity contribution in [2.75, 3.05) is 13.7 Å². The van der Waals surface area contributed by atoms with Gasteiger partial charge in [-0.2, -0.15) is 5.26 Å². The molecule has 0 aliphatic heterocycles. The lowest BCUT2D eigenvalue weighted by atomic mass is 10.1. The Balaban J connectivity index is 2.55. The number of methoxy groups -OCH3 is 1. The Kier molecular flexibility index (Phi) is 6.81. The van der Waals surface area contributed by atoms with Crippen LogP contribution in [0.1, 0.15) is 23.1 Å². The molecule has 0 fully saturated rings. The van der Waals surface area contributed by atoms with Crippen LogP contribution in [-0.2, 0) is 11.3 Å². The topological polar surface area (TPSA) is 87.6 Å². The molecule has 0 saturated heterocycles. The summed E-state index contributed by atoms with van der Waals surface area (Å²) in [5.41, 5.74) is 0.443. The number of halogens is 2. The van der Waals surface area contributed by atoms with Gasteiger partial charge in [0, 0.05) is 31.5 Å². The number of ether oxygens (including phenoxy) is 1. The van der Waals surface area contributed by atoms with Crippen molar-refractivity contribution in [2.45, 2.75) is 19.9 Å². The molecule has 0 spiro atoms. The van der Waals surface area contributed by atoms with Crippen LogP contribution in [0.2, 0.25) is 10.0 Å². The quantitative estimate of drug-likeness (QED) is 0.596. The average Bonchev–Trinajstić information content (AvgIpc) is 2.61. The van der Waals surface area contributed by atoms with Gasteiger partial charge in [0.05, 0.1) is 16.3 Å². The molecule has 26 heavy (non-hydrogen) atoms. The van der Waals surface area contributed by atoms with E-state index in [1.165, 1.54) is 6.21 Å². The van der Waals surface area contributed by atoms with Crippen LogP contribution in [0.4, 0.5) is 5.69 Å². The number of hydrogen-bond acceptors (Lipinski definition) is 5. The molecule has 0 radical (unpaired) electrons. The Labute approximate surface area is 160 Å². The van der Waals surface area contributed by atoms with Gasteiger partial charge >= 0.3 is 0 Å². The van der Waals surface area contributed by atoms with E-state index in [1.807, 2.05) is 6.07 Å². The predicted octanol–water partition coefficient (Wildman–Crippen LogP) is 3.83. The summed E-state index contributed by atoms with van der Waals surface area (Å²) in [6, 6.07) is 6.71. The minimum absolute atomic E-state index is 0.0427. The molecule has 1 aromatic heterocycles. The van der Waals surface area contributed by atoms with Gasteiger partial charge in [0.25, 0.3) is 5.56 Å². The van der Waals surface area contributed by atoms with E-state index in [1.54, 1.807) is 32.2 Å². The smallest absolute Gasteiger partial charge is 0.271 e. The summed E-state index contributed by atoms with van der Waals surface area (Å²) in [4.78, 5) is 16.7. The molecular weight excluding hydrogens is 377 g/mol. The first kappa shape index (κ1) is 20.0. The zero-order valence-corrected chi connectivity index (χ0v) is 15.8. The van der Waals surface area contributed by atoms with Gasteiger partial charge in [-0.05, 0) is 37.1 Å². The minimum Gasteiger partial charge on any atom is -0.494 e. The van der Waals surface area contributed by atoms with E-state index in [0.29, 0.717) is 34.3 Å². The van der Waals surface area contributed by atoms with Crippen molar-refractivity contribution in [3.05, 3.63) is 55.3 Å². The molecule has 6 nitrogen and oxygen atoms in total. The molecule has 136 valence electrons. The van der Waals surface area contributed by atoms with Crippen LogP contribution in [0, 0.1) is 18.3 Å². The van der Waals surface area contributed by atoms with Gasteiger partial charge < -0.3 is 9.84 Å². The van der Waals surface area contributed by atoms with Crippen LogP contribution in [0.3, 0.4) is 0 Å². The van der Waals surface area contributed by atoms with Gasteiger partial charge in [-0.25, -0.2) is 0 Å². The van der Waals surface area contributed by atoms with Crippen LogP contribution in [0.5, 0.6) is 5.88 Å². The Hall–Kier alpha value is -2.33. The van der Waals surface area contributed by atoms with Crippen LogP contribution >= 0.6 is 23.2 Å². The molecule has 0 unspecified atom stereocenters. The van der Waals surface area contributed by atoms with Crippen molar-refractivity contribution in [3.8, 4) is 11.9 Å². The molecule has 2 rings (SSSR count). The molecule has 1 N–H and O–H groups in total. The summed E-state index contributed by atoms with van der Waals surface area (Å²) in [5.74, 6) is -0.260.